The molecule has 4 aromatic rings. The third kappa shape index (κ3) is 7.75. The van der Waals surface area contributed by atoms with Crippen LogP contribution in [0.2, 0.25) is 0 Å². The van der Waals surface area contributed by atoms with Crippen molar-refractivity contribution < 1.29 is 14.7 Å². The van der Waals surface area contributed by atoms with Crippen LogP contribution < -0.4 is 5.73 Å². The number of carbonyl (C=O) groups excluding carboxylic acids is 1. The minimum Gasteiger partial charge on any atom is -0.481 e. The second-order valence-electron chi connectivity index (χ2n) is 11.6. The highest BCUT2D eigenvalue weighted by Crippen LogP contribution is 2.30. The monoisotopic (exact) mass is 600 g/mol. The van der Waals surface area contributed by atoms with Crippen molar-refractivity contribution in [2.24, 2.45) is 0 Å². The molecule has 0 saturated carbocycles. The highest BCUT2D eigenvalue weighted by Gasteiger charge is 2.23. The molecular formula is C35H48N6O3. The zero-order valence-corrected chi connectivity index (χ0v) is 26.8. The van der Waals surface area contributed by atoms with Crippen molar-refractivity contribution in [3.63, 3.8) is 0 Å². The highest BCUT2D eigenvalue weighted by molar-refractivity contribution is 6.06. The third-order valence-electron chi connectivity index (χ3n) is 8.37. The van der Waals surface area contributed by atoms with E-state index in [-0.39, 0.29) is 12.3 Å². The highest BCUT2D eigenvalue weighted by atomic mass is 16.4. The number of para-hydroxylation sites is 1. The number of carboxylic acids is 1. The molecule has 1 amide bonds. The van der Waals surface area contributed by atoms with E-state index in [1.165, 1.54) is 0 Å². The van der Waals surface area contributed by atoms with Gasteiger partial charge in [-0.15, -0.1) is 0 Å². The summed E-state index contributed by atoms with van der Waals surface area (Å²) in [5, 5.41) is 14.6. The Bertz CT molecular complexity index is 1580. The number of aliphatic carboxylic acids is 1. The van der Waals surface area contributed by atoms with Crippen molar-refractivity contribution in [3.05, 3.63) is 65.0 Å². The maximum atomic E-state index is 13.2. The number of rotatable bonds is 17. The van der Waals surface area contributed by atoms with Crippen LogP contribution in [0.1, 0.15) is 88.7 Å². The van der Waals surface area contributed by atoms with Gasteiger partial charge >= 0.3 is 5.97 Å². The Morgan fingerprint density at radius 3 is 2.34 bits per heavy atom. The largest absolute Gasteiger partial charge is 0.481 e. The SMILES string of the molecule is CCCCCN(CCCn1c(CCCC)nc2c(N)nc3ccccc3c21)N(Cc1c(CC)cccc1CC(=O)O)C(C)=O. The quantitative estimate of drug-likeness (QED) is 0.104. The van der Waals surface area contributed by atoms with Gasteiger partial charge in [0.2, 0.25) is 5.91 Å². The van der Waals surface area contributed by atoms with E-state index in [0.717, 1.165) is 109 Å². The number of pyridine rings is 1. The Morgan fingerprint density at radius 2 is 1.64 bits per heavy atom. The molecule has 9 nitrogen and oxygen atoms in total. The number of aromatic nitrogens is 3. The maximum absolute atomic E-state index is 13.2. The molecule has 2 aromatic heterocycles. The van der Waals surface area contributed by atoms with Gasteiger partial charge in [0.25, 0.3) is 0 Å². The van der Waals surface area contributed by atoms with E-state index in [1.807, 2.05) is 41.4 Å². The summed E-state index contributed by atoms with van der Waals surface area (Å²) in [6.07, 6.45) is 7.59. The van der Waals surface area contributed by atoms with Gasteiger partial charge in [0.15, 0.2) is 5.82 Å². The van der Waals surface area contributed by atoms with Gasteiger partial charge in [-0.3, -0.25) is 14.6 Å². The first-order chi connectivity index (χ1) is 21.3. The number of benzene rings is 2. The first kappa shape index (κ1) is 32.9. The van der Waals surface area contributed by atoms with Crippen LogP contribution >= 0.6 is 0 Å². The molecule has 0 atom stereocenters. The molecule has 0 bridgehead atoms. The number of unbranched alkanes of at least 4 members (excludes halogenated alkanes) is 3. The standard InChI is InChI=1S/C35H48N6O3/c1-5-8-12-20-39(41(25(4)42)24-29-26(7-3)15-13-16-27(29)23-32(43)44)21-14-22-40-31(19-9-6-2)38-33-34(40)28-17-10-11-18-30(28)37-35(33)36/h10-11,13,15-18H,5-9,12,14,19-24H2,1-4H3,(H2,36,37)(H,43,44). The van der Waals surface area contributed by atoms with Gasteiger partial charge in [-0.2, -0.15) is 0 Å². The molecule has 0 spiro atoms. The van der Waals surface area contributed by atoms with Crippen LogP contribution in [0.15, 0.2) is 42.5 Å². The zero-order chi connectivity index (χ0) is 31.6. The molecule has 0 aliphatic heterocycles. The molecule has 4 rings (SSSR count). The minimum atomic E-state index is -0.872. The van der Waals surface area contributed by atoms with Gasteiger partial charge in [0, 0.05) is 38.4 Å². The molecule has 3 N–H and O–H groups in total. The Morgan fingerprint density at radius 1 is 0.909 bits per heavy atom. The third-order valence-corrected chi connectivity index (χ3v) is 8.37. The van der Waals surface area contributed by atoms with Gasteiger partial charge in [0.1, 0.15) is 11.3 Å². The average Bonchev–Trinajstić information content (AvgIpc) is 3.37. The Balaban J connectivity index is 1.66. The van der Waals surface area contributed by atoms with Crippen molar-refractivity contribution in [1.29, 1.82) is 0 Å². The van der Waals surface area contributed by atoms with Crippen molar-refractivity contribution in [3.8, 4) is 0 Å². The Hall–Kier alpha value is -3.98. The van der Waals surface area contributed by atoms with Crippen LogP contribution in [0.25, 0.3) is 21.9 Å². The van der Waals surface area contributed by atoms with E-state index in [1.54, 1.807) is 6.92 Å². The fraction of sp³-hybridized carbons (Fsp3) is 0.486. The van der Waals surface area contributed by atoms with Crippen LogP contribution in [0, 0.1) is 0 Å². The lowest BCUT2D eigenvalue weighted by molar-refractivity contribution is -0.148. The summed E-state index contributed by atoms with van der Waals surface area (Å²) in [7, 11) is 0. The number of nitrogen functional groups attached to an aromatic ring is 1. The molecule has 0 saturated heterocycles. The van der Waals surface area contributed by atoms with Gasteiger partial charge in [-0.25, -0.2) is 15.0 Å². The van der Waals surface area contributed by atoms with Crippen LogP contribution in [0.3, 0.4) is 0 Å². The van der Waals surface area contributed by atoms with Gasteiger partial charge in [-0.05, 0) is 48.4 Å². The van der Waals surface area contributed by atoms with Crippen LogP contribution in [-0.4, -0.2) is 54.6 Å². The normalized spacial score (nSPS) is 11.6. The van der Waals surface area contributed by atoms with Gasteiger partial charge in [-0.1, -0.05) is 76.4 Å². The summed E-state index contributed by atoms with van der Waals surface area (Å²) in [6, 6.07) is 13.9. The lowest BCUT2D eigenvalue weighted by atomic mass is 9.97. The molecular weight excluding hydrogens is 552 g/mol. The maximum Gasteiger partial charge on any atom is 0.307 e. The molecule has 2 heterocycles. The Labute approximate surface area is 261 Å². The number of imidazole rings is 1. The fourth-order valence-corrected chi connectivity index (χ4v) is 6.09. The lowest BCUT2D eigenvalue weighted by Gasteiger charge is -2.35. The average molecular weight is 601 g/mol. The number of hydrogen-bond donors (Lipinski definition) is 2. The molecule has 0 aliphatic carbocycles. The topological polar surface area (TPSA) is 118 Å². The second-order valence-corrected chi connectivity index (χ2v) is 11.6. The van der Waals surface area contributed by atoms with E-state index in [4.69, 9.17) is 10.7 Å². The Kier molecular flexibility index (Phi) is 11.7. The smallest absolute Gasteiger partial charge is 0.307 e. The summed E-state index contributed by atoms with van der Waals surface area (Å²) in [4.78, 5) is 34.5. The number of hydrogen-bond acceptors (Lipinski definition) is 6. The molecule has 0 aliphatic rings. The number of carboxylic acid groups (broad SMARTS) is 1. The first-order valence-corrected chi connectivity index (χ1v) is 16.2. The number of aryl methyl sites for hydroxylation is 3. The molecule has 44 heavy (non-hydrogen) atoms. The van der Waals surface area contributed by atoms with Crippen molar-refractivity contribution in [2.45, 2.75) is 98.6 Å². The molecule has 0 radical (unpaired) electrons. The molecule has 236 valence electrons. The minimum absolute atomic E-state index is 0.0461. The molecule has 2 aromatic carbocycles. The van der Waals surface area contributed by atoms with Crippen molar-refractivity contribution in [2.75, 3.05) is 18.8 Å². The first-order valence-electron chi connectivity index (χ1n) is 16.2. The fourth-order valence-electron chi connectivity index (χ4n) is 6.09. The van der Waals surface area contributed by atoms with E-state index >= 15 is 0 Å². The molecule has 0 unspecified atom stereocenters. The molecule has 9 heteroatoms. The summed E-state index contributed by atoms with van der Waals surface area (Å²) in [5.41, 5.74) is 11.8. The van der Waals surface area contributed by atoms with Crippen LogP contribution in [-0.2, 0) is 41.9 Å². The number of nitrogens with two attached hydrogens (primary N) is 1. The number of fused-ring (bicyclic) bond motifs is 3. The summed E-state index contributed by atoms with van der Waals surface area (Å²) >= 11 is 0. The van der Waals surface area contributed by atoms with Crippen molar-refractivity contribution in [1.82, 2.24) is 24.6 Å². The molecule has 0 fully saturated rings. The van der Waals surface area contributed by atoms with E-state index in [9.17, 15) is 14.7 Å². The van der Waals surface area contributed by atoms with E-state index in [2.05, 4.69) is 41.4 Å². The number of anilines is 1. The van der Waals surface area contributed by atoms with E-state index < -0.39 is 5.97 Å². The predicted octanol–water partition coefficient (Wildman–Crippen LogP) is 6.54. The van der Waals surface area contributed by atoms with E-state index in [0.29, 0.717) is 18.9 Å². The lowest BCUT2D eigenvalue weighted by Crippen LogP contribution is -2.46. The van der Waals surface area contributed by atoms with Gasteiger partial charge in [0.05, 0.1) is 24.0 Å². The number of hydrazine groups is 1. The summed E-state index contributed by atoms with van der Waals surface area (Å²) in [6.45, 7) is 10.5. The van der Waals surface area contributed by atoms with Crippen LogP contribution in [0.4, 0.5) is 5.82 Å². The van der Waals surface area contributed by atoms with Crippen LogP contribution in [0.5, 0.6) is 0 Å². The van der Waals surface area contributed by atoms with Crippen molar-refractivity contribution >= 4 is 39.6 Å². The summed E-state index contributed by atoms with van der Waals surface area (Å²) < 4.78 is 2.31. The van der Waals surface area contributed by atoms with Gasteiger partial charge < -0.3 is 15.4 Å². The predicted molar refractivity (Wildman–Crippen MR) is 177 cm³/mol. The second kappa shape index (κ2) is 15.7. The number of nitrogens with zero attached hydrogens (tertiary/aromatic N) is 5. The number of amides is 1. The number of carbonyl (C=O) groups is 2. The summed E-state index contributed by atoms with van der Waals surface area (Å²) in [5.74, 6) is 0.549. The zero-order valence-electron chi connectivity index (χ0n) is 26.8.